The Morgan fingerprint density at radius 2 is 1.66 bits per heavy atom. The van der Waals surface area contributed by atoms with Gasteiger partial charge in [0.25, 0.3) is 23.4 Å². The Labute approximate surface area is 206 Å². The Balaban J connectivity index is 1.76. The molecule has 9 nitrogen and oxygen atoms in total. The number of imide groups is 1. The van der Waals surface area contributed by atoms with Gasteiger partial charge in [-0.3, -0.25) is 29.3 Å². The van der Waals surface area contributed by atoms with Crippen LogP contribution in [-0.2, 0) is 9.59 Å². The number of amides is 3. The van der Waals surface area contributed by atoms with Crippen molar-refractivity contribution in [3.8, 4) is 0 Å². The molecule has 4 atom stereocenters. The molecule has 2 aromatic carbocycles. The maximum Gasteiger partial charge on any atom is 0.273 e. The normalized spacial score (nSPS) is 22.0. The molecule has 10 heteroatoms. The van der Waals surface area contributed by atoms with Crippen molar-refractivity contribution < 1.29 is 24.1 Å². The number of rotatable bonds is 6. The monoisotopic (exact) mass is 495 g/mol. The Hall–Kier alpha value is -3.85. The Morgan fingerprint density at radius 3 is 2.23 bits per heavy atom. The lowest BCUT2D eigenvalue weighted by atomic mass is 9.78. The molecule has 1 fully saturated rings. The number of hydrazine groups is 1. The predicted octanol–water partition coefficient (Wildman–Crippen LogP) is 4.07. The minimum Gasteiger partial charge on any atom is -0.292 e. The third-order valence-corrected chi connectivity index (χ3v) is 6.73. The van der Waals surface area contributed by atoms with Gasteiger partial charge < -0.3 is 0 Å². The van der Waals surface area contributed by atoms with Crippen molar-refractivity contribution in [1.29, 1.82) is 0 Å². The van der Waals surface area contributed by atoms with Gasteiger partial charge in [0, 0.05) is 28.3 Å². The number of hydrogen-bond donors (Lipinski definition) is 0. The number of allylic oxidation sites excluding steroid dienone is 2. The number of Topliss-reactive ketones (excluding diaryl/α,β-unsaturated/α-hetero) is 1. The highest BCUT2D eigenvalue weighted by atomic mass is 35.5. The molecule has 0 radical (unpaired) electrons. The van der Waals surface area contributed by atoms with Crippen molar-refractivity contribution in [2.24, 2.45) is 17.8 Å². The van der Waals surface area contributed by atoms with Crippen molar-refractivity contribution >= 4 is 40.8 Å². The van der Waals surface area contributed by atoms with Gasteiger partial charge in [0.2, 0.25) is 0 Å². The predicted molar refractivity (Wildman–Crippen MR) is 126 cm³/mol. The minimum atomic E-state index is -1.23. The molecule has 4 rings (SSSR count). The fourth-order valence-corrected chi connectivity index (χ4v) is 4.73. The zero-order chi connectivity index (χ0) is 25.4. The molecule has 1 aliphatic carbocycles. The third kappa shape index (κ3) is 4.35. The summed E-state index contributed by atoms with van der Waals surface area (Å²) in [5.41, 5.74) is 0.0144. The van der Waals surface area contributed by atoms with Gasteiger partial charge in [-0.25, -0.2) is 5.01 Å². The second-order valence-corrected chi connectivity index (χ2v) is 9.08. The summed E-state index contributed by atoms with van der Waals surface area (Å²) in [7, 11) is 0. The zero-order valence-electron chi connectivity index (χ0n) is 19.0. The first-order valence-corrected chi connectivity index (χ1v) is 11.4. The van der Waals surface area contributed by atoms with E-state index in [1.807, 2.05) is 19.1 Å². The highest BCUT2D eigenvalue weighted by Gasteiger charge is 2.54. The van der Waals surface area contributed by atoms with Crippen LogP contribution >= 0.6 is 11.6 Å². The van der Waals surface area contributed by atoms with E-state index in [1.54, 1.807) is 0 Å². The lowest BCUT2D eigenvalue weighted by Crippen LogP contribution is -2.56. The zero-order valence-corrected chi connectivity index (χ0v) is 19.7. The molecule has 0 aromatic heterocycles. The van der Waals surface area contributed by atoms with Gasteiger partial charge in [0.1, 0.15) is 6.04 Å². The lowest BCUT2D eigenvalue weighted by molar-refractivity contribution is -0.384. The summed E-state index contributed by atoms with van der Waals surface area (Å²) in [6.45, 7) is 3.26. The standard InChI is InChI=1S/C25H22ClN3O6/c1-14-4-3-5-20-21(14)25(33)28(24(20)32)27(15(2)22(30)16-6-10-18(26)11-7-16)23(31)17-8-12-19(13-9-17)29(34)35/h3-4,6-15,20-21H,5H2,1-2H3/t14-,15+,20+,21-/m1/s1. The van der Waals surface area contributed by atoms with E-state index >= 15 is 0 Å². The van der Waals surface area contributed by atoms with Gasteiger partial charge in [-0.15, -0.1) is 0 Å². The third-order valence-electron chi connectivity index (χ3n) is 6.47. The van der Waals surface area contributed by atoms with Crippen LogP contribution in [0.25, 0.3) is 0 Å². The van der Waals surface area contributed by atoms with Crippen LogP contribution in [0, 0.1) is 27.9 Å². The smallest absolute Gasteiger partial charge is 0.273 e. The van der Waals surface area contributed by atoms with E-state index in [0.29, 0.717) is 11.4 Å². The number of ketones is 1. The van der Waals surface area contributed by atoms with E-state index in [0.717, 1.165) is 22.2 Å². The Bertz CT molecular complexity index is 1240. The van der Waals surface area contributed by atoms with Crippen molar-refractivity contribution in [1.82, 2.24) is 10.0 Å². The van der Waals surface area contributed by atoms with Gasteiger partial charge in [-0.1, -0.05) is 30.7 Å². The molecule has 35 heavy (non-hydrogen) atoms. The van der Waals surface area contributed by atoms with Crippen LogP contribution in [0.15, 0.2) is 60.7 Å². The summed E-state index contributed by atoms with van der Waals surface area (Å²) in [5, 5.41) is 13.1. The van der Waals surface area contributed by atoms with Crippen molar-refractivity contribution in [2.45, 2.75) is 26.3 Å². The molecule has 2 aliphatic rings. The number of nitro benzene ring substituents is 1. The molecule has 180 valence electrons. The molecule has 0 saturated carbocycles. The molecule has 0 spiro atoms. The first-order valence-electron chi connectivity index (χ1n) is 11.0. The van der Waals surface area contributed by atoms with E-state index in [-0.39, 0.29) is 22.7 Å². The number of non-ortho nitro benzene ring substituents is 1. The van der Waals surface area contributed by atoms with Crippen LogP contribution < -0.4 is 0 Å². The van der Waals surface area contributed by atoms with Crippen LogP contribution in [0.1, 0.15) is 41.0 Å². The van der Waals surface area contributed by atoms with Crippen LogP contribution in [0.3, 0.4) is 0 Å². The van der Waals surface area contributed by atoms with Crippen molar-refractivity contribution in [3.05, 3.63) is 86.9 Å². The number of benzene rings is 2. The molecule has 1 saturated heterocycles. The molecule has 0 unspecified atom stereocenters. The van der Waals surface area contributed by atoms with E-state index < -0.39 is 46.3 Å². The van der Waals surface area contributed by atoms with E-state index in [9.17, 15) is 29.3 Å². The second-order valence-electron chi connectivity index (χ2n) is 8.64. The molecule has 0 N–H and O–H groups in total. The quantitative estimate of drug-likeness (QED) is 0.196. The first-order chi connectivity index (χ1) is 16.6. The van der Waals surface area contributed by atoms with Gasteiger partial charge in [-0.2, -0.15) is 5.01 Å². The maximum atomic E-state index is 13.6. The van der Waals surface area contributed by atoms with Crippen LogP contribution in [-0.4, -0.2) is 44.5 Å². The SMILES string of the molecule is C[C@@H]1C=CC[C@@H]2C(=O)N(N(C(=O)c3ccc([N+](=O)[O-])cc3)[C@@H](C)C(=O)c3ccc(Cl)cc3)C(=O)[C@H]12. The highest BCUT2D eigenvalue weighted by molar-refractivity contribution is 6.30. The summed E-state index contributed by atoms with van der Waals surface area (Å²) in [5.74, 6) is -3.89. The number of halogens is 1. The summed E-state index contributed by atoms with van der Waals surface area (Å²) in [6, 6.07) is 9.58. The molecular formula is C25H22ClN3O6. The van der Waals surface area contributed by atoms with Gasteiger partial charge in [0.15, 0.2) is 5.78 Å². The number of nitrogens with zero attached hydrogens (tertiary/aromatic N) is 3. The van der Waals surface area contributed by atoms with Gasteiger partial charge in [0.05, 0.1) is 16.8 Å². The average Bonchev–Trinajstić information content (AvgIpc) is 3.10. The number of carbonyl (C=O) groups excluding carboxylic acids is 4. The number of hydrogen-bond acceptors (Lipinski definition) is 6. The van der Waals surface area contributed by atoms with E-state index in [2.05, 4.69) is 0 Å². The summed E-state index contributed by atoms with van der Waals surface area (Å²) < 4.78 is 0. The van der Waals surface area contributed by atoms with Gasteiger partial charge >= 0.3 is 0 Å². The van der Waals surface area contributed by atoms with Crippen LogP contribution in [0.4, 0.5) is 5.69 Å². The minimum absolute atomic E-state index is 0.00648. The second kappa shape index (κ2) is 9.42. The largest absolute Gasteiger partial charge is 0.292 e. The van der Waals surface area contributed by atoms with E-state index in [4.69, 9.17) is 11.6 Å². The average molecular weight is 496 g/mol. The molecule has 2 aromatic rings. The Kier molecular flexibility index (Phi) is 6.53. The van der Waals surface area contributed by atoms with Crippen molar-refractivity contribution in [3.63, 3.8) is 0 Å². The van der Waals surface area contributed by atoms with Gasteiger partial charge in [-0.05, 0) is 55.7 Å². The molecule has 0 bridgehead atoms. The molecule has 1 aliphatic heterocycles. The van der Waals surface area contributed by atoms with E-state index in [1.165, 1.54) is 43.3 Å². The lowest BCUT2D eigenvalue weighted by Gasteiger charge is -2.34. The molecular weight excluding hydrogens is 474 g/mol. The molecule has 3 amide bonds. The Morgan fingerprint density at radius 1 is 1.06 bits per heavy atom. The fourth-order valence-electron chi connectivity index (χ4n) is 4.61. The number of fused-ring (bicyclic) bond motifs is 1. The molecule has 1 heterocycles. The fraction of sp³-hybridized carbons (Fsp3) is 0.280. The van der Waals surface area contributed by atoms with Crippen LogP contribution in [0.2, 0.25) is 5.02 Å². The first kappa shape index (κ1) is 24.3. The maximum absolute atomic E-state index is 13.6. The summed E-state index contributed by atoms with van der Waals surface area (Å²) in [4.78, 5) is 64.2. The summed E-state index contributed by atoms with van der Waals surface area (Å²) in [6.07, 6.45) is 4.06. The summed E-state index contributed by atoms with van der Waals surface area (Å²) >= 11 is 5.92. The number of nitro groups is 1. The highest BCUT2D eigenvalue weighted by Crippen LogP contribution is 2.40. The van der Waals surface area contributed by atoms with Crippen molar-refractivity contribution in [2.75, 3.05) is 0 Å². The number of carbonyl (C=O) groups is 4. The topological polar surface area (TPSA) is 118 Å². The van der Waals surface area contributed by atoms with Crippen LogP contribution in [0.5, 0.6) is 0 Å².